The van der Waals surface area contributed by atoms with Gasteiger partial charge in [0.15, 0.2) is 0 Å². The maximum absolute atomic E-state index is 13.1. The maximum Gasteiger partial charge on any atom is 0.149 e. The molecule has 0 fully saturated rings. The molecule has 4 heteroatoms. The van der Waals surface area contributed by atoms with Crippen LogP contribution < -0.4 is 0 Å². The van der Waals surface area contributed by atoms with E-state index in [1.807, 2.05) is 36.4 Å². The van der Waals surface area contributed by atoms with Crippen LogP contribution in [-0.2, 0) is 10.8 Å². The number of benzene rings is 7. The predicted octanol–water partition coefficient (Wildman–Crippen LogP) is 17.6. The van der Waals surface area contributed by atoms with Crippen LogP contribution in [-0.4, -0.2) is 19.6 Å². The number of hydrogen-bond donors (Lipinski definition) is 1. The second-order valence-corrected chi connectivity index (χ2v) is 17.6. The lowest BCUT2D eigenvalue weighted by Gasteiger charge is -2.27. The Morgan fingerprint density at radius 3 is 1.90 bits per heavy atom. The third-order valence-electron chi connectivity index (χ3n) is 12.2. The fourth-order valence-electron chi connectivity index (χ4n) is 8.51. The van der Waals surface area contributed by atoms with Gasteiger partial charge in [0.1, 0.15) is 11.6 Å². The number of rotatable bonds is 9. The Balaban J connectivity index is 1.49. The first-order chi connectivity index (χ1) is 42.9. The Morgan fingerprint density at radius 1 is 0.544 bits per heavy atom. The summed E-state index contributed by atoms with van der Waals surface area (Å²) in [6.45, 7) is -24.3. The van der Waals surface area contributed by atoms with Crippen molar-refractivity contribution in [3.05, 3.63) is 191 Å². The van der Waals surface area contributed by atoms with Crippen LogP contribution in [0, 0.1) is 13.7 Å². The van der Waals surface area contributed by atoms with E-state index in [1.54, 1.807) is 101 Å². The first-order valence-corrected chi connectivity index (χ1v) is 21.9. The van der Waals surface area contributed by atoms with Gasteiger partial charge in [-0.1, -0.05) is 171 Å². The van der Waals surface area contributed by atoms with Crippen molar-refractivity contribution < 1.29 is 40.7 Å². The molecule has 7 aromatic carbocycles. The fraction of sp³-hybridized carbons (Fsp3) is 0.250. The molecule has 0 bridgehead atoms. The third kappa shape index (κ3) is 9.05. The molecular weight excluding hydrogens is 827 g/mol. The highest BCUT2D eigenvalue weighted by atomic mass is 16.3. The number of aromatic hydroxyl groups is 1. The Kier molecular flexibility index (Phi) is 6.39. The number of aromatic nitrogens is 3. The summed E-state index contributed by atoms with van der Waals surface area (Å²) in [5, 5.41) is 13.1. The molecule has 2 aromatic heterocycles. The normalized spacial score (nSPS) is 19.6. The standard InChI is InChI=1S/C64H65N3O/c1-39(2)47-30-48(40(3)4)32-50(31-47)45-25-26-58(42(6)29-45)67-59-20-16-19-54(60(59)66-62(67)55-37-53(63(7,8)9)38-56(61(55)68)64(10,11)12)51-33-49(43-17-14-13-15-18-43)34-52(35-51)57-36-46(27-28-65-57)44-23-21-41(5)22-24-44/h13-40,68H,1-12H3/i5D3,6D3,7D3,8D3,9D3,10D3,11D3,12D3,39D,40D. The van der Waals surface area contributed by atoms with Gasteiger partial charge in [-0.15, -0.1) is 0 Å². The van der Waals surface area contributed by atoms with E-state index in [-0.39, 0.29) is 39.5 Å². The van der Waals surface area contributed by atoms with Gasteiger partial charge in [0.25, 0.3) is 0 Å². The SMILES string of the molecule is [2H]C([2H])([2H])c1ccc(-c2ccnc(-c3cc(-c4ccccc4)cc(-c4cccc5c4nc(-c4cc(C(C([2H])([2H])[2H])(C([2H])([2H])[2H])C([2H])([2H])[2H])cc(C(C([2H])([2H])[2H])(C([2H])([2H])[2H])C([2H])([2H])[2H])c4O)n5-c4ccc(-c5cc(C([2H])(C)C)cc(C([2H])(C)C)c5)cc4C([2H])([2H])[2H])c3)c2)cc1. The van der Waals surface area contributed by atoms with Gasteiger partial charge in [0.2, 0.25) is 0 Å². The van der Waals surface area contributed by atoms with Crippen LogP contribution in [0.5, 0.6) is 5.75 Å². The Morgan fingerprint density at radius 2 is 1.21 bits per heavy atom. The van der Waals surface area contributed by atoms with Gasteiger partial charge in [0, 0.05) is 58.5 Å². The molecule has 2 heterocycles. The second kappa shape index (κ2) is 17.9. The lowest BCUT2D eigenvalue weighted by molar-refractivity contribution is 0.446. The van der Waals surface area contributed by atoms with E-state index in [0.717, 1.165) is 4.57 Å². The highest BCUT2D eigenvalue weighted by Gasteiger charge is 2.29. The van der Waals surface area contributed by atoms with E-state index in [4.69, 9.17) is 41.5 Å². The molecule has 4 nitrogen and oxygen atoms in total. The van der Waals surface area contributed by atoms with E-state index in [9.17, 15) is 9.22 Å². The molecule has 0 radical (unpaired) electrons. The number of hydrogen-bond acceptors (Lipinski definition) is 3. The van der Waals surface area contributed by atoms with Crippen LogP contribution in [0.3, 0.4) is 0 Å². The summed E-state index contributed by atoms with van der Waals surface area (Å²) in [5.74, 6) is -4.75. The summed E-state index contributed by atoms with van der Waals surface area (Å²) in [6.07, 6.45) is 1.56. The second-order valence-electron chi connectivity index (χ2n) is 17.6. The minimum absolute atomic E-state index is 0.0527. The molecule has 0 aliphatic rings. The minimum atomic E-state index is -4.30. The molecule has 0 spiro atoms. The Hall–Kier alpha value is -7.04. The van der Waals surface area contributed by atoms with Crippen molar-refractivity contribution >= 4 is 11.0 Å². The fourth-order valence-corrected chi connectivity index (χ4v) is 8.51. The molecule has 0 unspecified atom stereocenters. The van der Waals surface area contributed by atoms with Crippen LogP contribution in [0.15, 0.2) is 158 Å². The summed E-state index contributed by atoms with van der Waals surface area (Å²) in [7, 11) is 0. The average molecular weight is 918 g/mol. The van der Waals surface area contributed by atoms with Gasteiger partial charge in [0.05, 0.1) is 28.0 Å². The maximum atomic E-state index is 13.1. The largest absolute Gasteiger partial charge is 0.507 e. The first kappa shape index (κ1) is 24.3. The molecule has 342 valence electrons. The molecule has 0 saturated carbocycles. The van der Waals surface area contributed by atoms with Gasteiger partial charge >= 0.3 is 0 Å². The van der Waals surface area contributed by atoms with Gasteiger partial charge in [-0.25, -0.2) is 4.98 Å². The number of fused-ring (bicyclic) bond motifs is 1. The predicted molar refractivity (Wildman–Crippen MR) is 288 cm³/mol. The lowest BCUT2D eigenvalue weighted by Crippen LogP contribution is -2.17. The van der Waals surface area contributed by atoms with E-state index in [2.05, 4.69) is 0 Å². The molecule has 0 saturated heterocycles. The quantitative estimate of drug-likeness (QED) is 0.157. The summed E-state index contributed by atoms with van der Waals surface area (Å²) in [5.41, 5.74) is -7.60. The molecule has 9 rings (SSSR count). The van der Waals surface area contributed by atoms with Crippen LogP contribution in [0.2, 0.25) is 0 Å². The van der Waals surface area contributed by atoms with E-state index in [1.165, 1.54) is 36.4 Å². The molecular formula is C64H65N3O. The summed E-state index contributed by atoms with van der Waals surface area (Å²) in [4.78, 5) is 9.79. The topological polar surface area (TPSA) is 50.9 Å². The first-order valence-electron chi connectivity index (χ1n) is 34.9. The monoisotopic (exact) mass is 918 g/mol. The molecule has 68 heavy (non-hydrogen) atoms. The van der Waals surface area contributed by atoms with Crippen molar-refractivity contribution in [1.29, 1.82) is 0 Å². The van der Waals surface area contributed by atoms with Gasteiger partial charge in [-0.2, -0.15) is 0 Å². The van der Waals surface area contributed by atoms with Crippen molar-refractivity contribution in [2.45, 2.75) is 105 Å². The minimum Gasteiger partial charge on any atom is -0.507 e. The number of pyridine rings is 1. The van der Waals surface area contributed by atoms with Crippen molar-refractivity contribution in [2.75, 3.05) is 0 Å². The molecule has 9 aromatic rings. The zero-order valence-corrected chi connectivity index (χ0v) is 37.8. The molecule has 0 aliphatic carbocycles. The van der Waals surface area contributed by atoms with Gasteiger partial charge in [-0.3, -0.25) is 9.55 Å². The van der Waals surface area contributed by atoms with E-state index in [0.29, 0.717) is 61.8 Å². The van der Waals surface area contributed by atoms with E-state index < -0.39 is 111 Å². The van der Waals surface area contributed by atoms with Gasteiger partial charge in [-0.05, 0) is 152 Å². The van der Waals surface area contributed by atoms with E-state index >= 15 is 0 Å². The summed E-state index contributed by atoms with van der Waals surface area (Å²) >= 11 is 0. The number of imidazole rings is 1. The molecule has 1 N–H and O–H groups in total. The van der Waals surface area contributed by atoms with Crippen molar-refractivity contribution in [3.63, 3.8) is 0 Å². The zero-order chi connectivity index (χ0) is 70.1. The molecule has 0 amide bonds. The average Bonchev–Trinajstić information content (AvgIpc) is 0.745. The van der Waals surface area contributed by atoms with Crippen molar-refractivity contribution in [1.82, 2.24) is 14.5 Å². The highest BCUT2D eigenvalue weighted by molar-refractivity contribution is 5.98. The van der Waals surface area contributed by atoms with Gasteiger partial charge < -0.3 is 5.11 Å². The molecule has 0 atom stereocenters. The van der Waals surface area contributed by atoms with Crippen molar-refractivity contribution in [3.8, 4) is 78.6 Å². The molecule has 0 aliphatic heterocycles. The van der Waals surface area contributed by atoms with Crippen molar-refractivity contribution in [2.24, 2.45) is 0 Å². The lowest BCUT2D eigenvalue weighted by atomic mass is 9.79. The van der Waals surface area contributed by atoms with Crippen LogP contribution in [0.25, 0.3) is 83.9 Å². The number of aryl methyl sites for hydroxylation is 2. The summed E-state index contributed by atoms with van der Waals surface area (Å²) in [6, 6.07) is 38.9. The summed E-state index contributed by atoms with van der Waals surface area (Å²) < 4.78 is 229. The Bertz CT molecular complexity index is 4240. The highest BCUT2D eigenvalue weighted by Crippen LogP contribution is 2.45. The van der Waals surface area contributed by atoms with Crippen LogP contribution in [0.1, 0.15) is 150 Å². The van der Waals surface area contributed by atoms with Crippen LogP contribution in [0.4, 0.5) is 0 Å². The smallest absolute Gasteiger partial charge is 0.149 e. The number of phenolic OH excluding ortho intramolecular Hbond substituents is 1. The zero-order valence-electron chi connectivity index (χ0n) is 63.8. The number of para-hydroxylation sites is 1. The number of nitrogens with zero attached hydrogens (tertiary/aromatic N) is 3. The van der Waals surface area contributed by atoms with Crippen LogP contribution >= 0.6 is 0 Å². The Labute approximate surface area is 441 Å². The third-order valence-corrected chi connectivity index (χ3v) is 12.2. The number of phenols is 1.